The zero-order valence-electron chi connectivity index (χ0n) is 12.1. The number of hydrogen-bond donors (Lipinski definition) is 2. The molecule has 0 radical (unpaired) electrons. The zero-order chi connectivity index (χ0) is 14.9. The van der Waals surface area contributed by atoms with Crippen molar-refractivity contribution in [1.82, 2.24) is 4.90 Å². The van der Waals surface area contributed by atoms with Crippen LogP contribution in [0.1, 0.15) is 38.7 Å². The Kier molecular flexibility index (Phi) is 3.79. The number of benzene rings is 1. The molecule has 0 bridgehead atoms. The van der Waals surface area contributed by atoms with E-state index in [9.17, 15) is 15.0 Å². The minimum absolute atomic E-state index is 0.127. The number of phenols is 2. The van der Waals surface area contributed by atoms with Gasteiger partial charge in [-0.3, -0.25) is 0 Å². The molecule has 5 nitrogen and oxygen atoms in total. The van der Waals surface area contributed by atoms with Gasteiger partial charge >= 0.3 is 6.09 Å². The summed E-state index contributed by atoms with van der Waals surface area (Å²) in [7, 11) is 0. The maximum absolute atomic E-state index is 12.0. The fourth-order valence-corrected chi connectivity index (χ4v) is 2.32. The van der Waals surface area contributed by atoms with E-state index in [0.717, 1.165) is 12.0 Å². The van der Waals surface area contributed by atoms with Gasteiger partial charge in [-0.15, -0.1) is 0 Å². The van der Waals surface area contributed by atoms with Crippen molar-refractivity contribution < 1.29 is 19.7 Å². The molecule has 1 aliphatic heterocycles. The monoisotopic (exact) mass is 279 g/mol. The molecule has 1 unspecified atom stereocenters. The van der Waals surface area contributed by atoms with Crippen molar-refractivity contribution in [3.63, 3.8) is 0 Å². The molecule has 0 saturated carbocycles. The molecule has 20 heavy (non-hydrogen) atoms. The molecule has 0 aromatic heterocycles. The number of amides is 1. The second kappa shape index (κ2) is 5.23. The highest BCUT2D eigenvalue weighted by Crippen LogP contribution is 2.33. The first kappa shape index (κ1) is 14.5. The summed E-state index contributed by atoms with van der Waals surface area (Å²) in [5, 5.41) is 18.9. The highest BCUT2D eigenvalue weighted by Gasteiger charge is 2.30. The van der Waals surface area contributed by atoms with Crippen molar-refractivity contribution in [2.45, 2.75) is 38.7 Å². The van der Waals surface area contributed by atoms with Crippen molar-refractivity contribution in [3.8, 4) is 11.5 Å². The van der Waals surface area contributed by atoms with Crippen LogP contribution in [0, 0.1) is 0 Å². The van der Waals surface area contributed by atoms with Crippen LogP contribution in [0.15, 0.2) is 18.2 Å². The SMILES string of the molecule is CC(C)(C)OC(=O)N1CCC(c2ccc(O)c(O)c2)C1. The zero-order valence-corrected chi connectivity index (χ0v) is 12.1. The van der Waals surface area contributed by atoms with Gasteiger partial charge in [-0.05, 0) is 44.9 Å². The van der Waals surface area contributed by atoms with Gasteiger partial charge in [0.05, 0.1) is 0 Å². The van der Waals surface area contributed by atoms with Gasteiger partial charge in [0.25, 0.3) is 0 Å². The smallest absolute Gasteiger partial charge is 0.410 e. The van der Waals surface area contributed by atoms with Gasteiger partial charge in [0.15, 0.2) is 11.5 Å². The summed E-state index contributed by atoms with van der Waals surface area (Å²) in [4.78, 5) is 13.7. The molecule has 1 atom stereocenters. The number of likely N-dealkylation sites (tertiary alicyclic amines) is 1. The summed E-state index contributed by atoms with van der Waals surface area (Å²) in [5.74, 6) is -0.0945. The van der Waals surface area contributed by atoms with E-state index in [-0.39, 0.29) is 23.5 Å². The Balaban J connectivity index is 2.01. The molecule has 1 amide bonds. The van der Waals surface area contributed by atoms with E-state index in [1.165, 1.54) is 6.07 Å². The fraction of sp³-hybridized carbons (Fsp3) is 0.533. The largest absolute Gasteiger partial charge is 0.504 e. The Bertz CT molecular complexity index is 507. The van der Waals surface area contributed by atoms with Gasteiger partial charge in [0.2, 0.25) is 0 Å². The molecule has 0 aliphatic carbocycles. The van der Waals surface area contributed by atoms with Crippen LogP contribution >= 0.6 is 0 Å². The molecule has 0 spiro atoms. The second-order valence-electron chi connectivity index (χ2n) is 6.16. The lowest BCUT2D eigenvalue weighted by Crippen LogP contribution is -2.35. The molecule has 1 aromatic carbocycles. The predicted molar refractivity (Wildman–Crippen MR) is 74.9 cm³/mol. The fourth-order valence-electron chi connectivity index (χ4n) is 2.32. The number of rotatable bonds is 1. The van der Waals surface area contributed by atoms with Crippen LogP contribution in [0.4, 0.5) is 4.79 Å². The van der Waals surface area contributed by atoms with E-state index in [1.54, 1.807) is 17.0 Å². The number of nitrogens with zero attached hydrogens (tertiary/aromatic N) is 1. The number of ether oxygens (including phenoxy) is 1. The van der Waals surface area contributed by atoms with Gasteiger partial charge in [-0.25, -0.2) is 4.79 Å². The van der Waals surface area contributed by atoms with Crippen LogP contribution in [0.2, 0.25) is 0 Å². The molecule has 1 aliphatic rings. The number of aromatic hydroxyl groups is 2. The van der Waals surface area contributed by atoms with Crippen LogP contribution in [0.5, 0.6) is 11.5 Å². The lowest BCUT2D eigenvalue weighted by molar-refractivity contribution is 0.0292. The van der Waals surface area contributed by atoms with E-state index in [2.05, 4.69) is 0 Å². The Morgan fingerprint density at radius 1 is 1.30 bits per heavy atom. The molecule has 2 N–H and O–H groups in total. The summed E-state index contributed by atoms with van der Waals surface area (Å²) < 4.78 is 5.35. The van der Waals surface area contributed by atoms with E-state index < -0.39 is 5.60 Å². The van der Waals surface area contributed by atoms with Crippen LogP contribution < -0.4 is 0 Å². The Hall–Kier alpha value is -1.91. The summed E-state index contributed by atoms with van der Waals surface area (Å²) in [6, 6.07) is 4.80. The van der Waals surface area contributed by atoms with Gasteiger partial charge in [0.1, 0.15) is 5.60 Å². The Labute approximate surface area is 118 Å². The third-order valence-electron chi connectivity index (χ3n) is 3.31. The first-order chi connectivity index (χ1) is 9.26. The predicted octanol–water partition coefficient (Wildman–Crippen LogP) is 2.82. The van der Waals surface area contributed by atoms with Crippen molar-refractivity contribution in [2.75, 3.05) is 13.1 Å². The number of hydrogen-bond acceptors (Lipinski definition) is 4. The van der Waals surface area contributed by atoms with Gasteiger partial charge < -0.3 is 19.8 Å². The van der Waals surface area contributed by atoms with E-state index in [1.807, 2.05) is 20.8 Å². The molecule has 1 heterocycles. The molecule has 1 aromatic rings. The molecule has 1 fully saturated rings. The van der Waals surface area contributed by atoms with E-state index in [0.29, 0.717) is 13.1 Å². The topological polar surface area (TPSA) is 70.0 Å². The minimum Gasteiger partial charge on any atom is -0.504 e. The number of carbonyl (C=O) groups is 1. The first-order valence-corrected chi connectivity index (χ1v) is 6.76. The number of phenolic OH excluding ortho intramolecular Hbond substituents is 2. The highest BCUT2D eigenvalue weighted by atomic mass is 16.6. The van der Waals surface area contributed by atoms with Gasteiger partial charge in [0, 0.05) is 19.0 Å². The van der Waals surface area contributed by atoms with Crippen LogP contribution in [-0.2, 0) is 4.74 Å². The molecule has 2 rings (SSSR count). The van der Waals surface area contributed by atoms with Crippen LogP contribution in [-0.4, -0.2) is 39.9 Å². The van der Waals surface area contributed by atoms with Crippen molar-refractivity contribution in [1.29, 1.82) is 0 Å². The minimum atomic E-state index is -0.494. The van der Waals surface area contributed by atoms with E-state index in [4.69, 9.17) is 4.74 Å². The quantitative estimate of drug-likeness (QED) is 0.775. The lowest BCUT2D eigenvalue weighted by atomic mass is 9.98. The average molecular weight is 279 g/mol. The maximum Gasteiger partial charge on any atom is 0.410 e. The molecular formula is C15H21NO4. The number of carbonyl (C=O) groups excluding carboxylic acids is 1. The normalized spacial score (nSPS) is 19.1. The summed E-state index contributed by atoms with van der Waals surface area (Å²) in [6.45, 7) is 6.74. The van der Waals surface area contributed by atoms with Gasteiger partial charge in [-0.1, -0.05) is 6.07 Å². The summed E-state index contributed by atoms with van der Waals surface area (Å²) in [5.41, 5.74) is 0.428. The van der Waals surface area contributed by atoms with Crippen LogP contribution in [0.25, 0.3) is 0 Å². The summed E-state index contributed by atoms with van der Waals surface area (Å²) in [6.07, 6.45) is 0.520. The third kappa shape index (κ3) is 3.35. The third-order valence-corrected chi connectivity index (χ3v) is 3.31. The summed E-state index contributed by atoms with van der Waals surface area (Å²) >= 11 is 0. The van der Waals surface area contributed by atoms with E-state index >= 15 is 0 Å². The van der Waals surface area contributed by atoms with Crippen molar-refractivity contribution in [2.24, 2.45) is 0 Å². The van der Waals surface area contributed by atoms with Crippen molar-refractivity contribution in [3.05, 3.63) is 23.8 Å². The standard InChI is InChI=1S/C15H21NO4/c1-15(2,3)20-14(19)16-7-6-11(9-16)10-4-5-12(17)13(18)8-10/h4-5,8,11,17-18H,6-7,9H2,1-3H3. The van der Waals surface area contributed by atoms with Gasteiger partial charge in [-0.2, -0.15) is 0 Å². The average Bonchev–Trinajstić information content (AvgIpc) is 2.80. The second-order valence-corrected chi connectivity index (χ2v) is 6.16. The molecular weight excluding hydrogens is 258 g/mol. The first-order valence-electron chi connectivity index (χ1n) is 6.76. The molecule has 5 heteroatoms. The Morgan fingerprint density at radius 3 is 2.60 bits per heavy atom. The highest BCUT2D eigenvalue weighted by molar-refractivity contribution is 5.68. The molecule has 1 saturated heterocycles. The Morgan fingerprint density at radius 2 is 2.00 bits per heavy atom. The van der Waals surface area contributed by atoms with Crippen molar-refractivity contribution >= 4 is 6.09 Å². The maximum atomic E-state index is 12.0. The molecule has 110 valence electrons. The lowest BCUT2D eigenvalue weighted by Gasteiger charge is -2.24. The van der Waals surface area contributed by atoms with Crippen LogP contribution in [0.3, 0.4) is 0 Å².